The highest BCUT2D eigenvalue weighted by Gasteiger charge is 2.19. The lowest BCUT2D eigenvalue weighted by Gasteiger charge is -2.29. The molecule has 4 aromatic rings. The topological polar surface area (TPSA) is 75.2 Å². The van der Waals surface area contributed by atoms with Crippen LogP contribution in [0.4, 0.5) is 5.82 Å². The van der Waals surface area contributed by atoms with Crippen molar-refractivity contribution < 1.29 is 23.7 Å². The molecule has 0 amide bonds. The molecule has 5 rings (SSSR count). The minimum atomic E-state index is 0.364. The average Bonchev–Trinajstić information content (AvgIpc) is 2.96. The van der Waals surface area contributed by atoms with Crippen LogP contribution < -0.4 is 23.8 Å². The average molecular weight is 502 g/mol. The summed E-state index contributed by atoms with van der Waals surface area (Å²) in [6.45, 7) is 3.29. The van der Waals surface area contributed by atoms with E-state index in [0.717, 1.165) is 52.3 Å². The van der Waals surface area contributed by atoms with Crippen molar-refractivity contribution in [3.05, 3.63) is 66.2 Å². The molecule has 0 saturated carbocycles. The van der Waals surface area contributed by atoms with Gasteiger partial charge in [-0.2, -0.15) is 9.97 Å². The normalized spacial score (nSPS) is 13.4. The first kappa shape index (κ1) is 24.6. The van der Waals surface area contributed by atoms with E-state index in [1.807, 2.05) is 42.5 Å². The van der Waals surface area contributed by atoms with Gasteiger partial charge in [0.15, 0.2) is 11.5 Å². The van der Waals surface area contributed by atoms with Crippen LogP contribution in [0.3, 0.4) is 0 Å². The lowest BCUT2D eigenvalue weighted by atomic mass is 10.0. The number of anilines is 1. The summed E-state index contributed by atoms with van der Waals surface area (Å²) in [7, 11) is 4.94. The zero-order chi connectivity index (χ0) is 25.6. The van der Waals surface area contributed by atoms with Crippen molar-refractivity contribution in [3.8, 4) is 34.4 Å². The first-order valence-corrected chi connectivity index (χ1v) is 12.3. The molecule has 0 radical (unpaired) electrons. The van der Waals surface area contributed by atoms with E-state index in [1.54, 1.807) is 21.3 Å². The first-order chi connectivity index (χ1) is 18.2. The molecular formula is C29H31N3O5. The molecule has 192 valence electrons. The Hall–Kier alpha value is -4.04. The molecule has 1 aliphatic rings. The number of rotatable bonds is 9. The van der Waals surface area contributed by atoms with Gasteiger partial charge in [-0.15, -0.1) is 0 Å². The van der Waals surface area contributed by atoms with Crippen LogP contribution in [0.5, 0.6) is 23.3 Å². The van der Waals surface area contributed by atoms with E-state index in [1.165, 1.54) is 0 Å². The standard InChI is InChI=1S/C29H31N3O5/c1-33-23-6-4-5-21(18-23)22-8-9-25-24(19-22)28(32-12-15-36-16-13-32)31-29(30-25)37-14-11-20-7-10-26(34-2)27(17-20)35-3/h4-10,17-19H,11-16H2,1-3H3. The number of hydrogen-bond acceptors (Lipinski definition) is 8. The highest BCUT2D eigenvalue weighted by Crippen LogP contribution is 2.32. The summed E-state index contributed by atoms with van der Waals surface area (Å²) in [6.07, 6.45) is 0.684. The van der Waals surface area contributed by atoms with Gasteiger partial charge < -0.3 is 28.6 Å². The van der Waals surface area contributed by atoms with Gasteiger partial charge in [0.2, 0.25) is 0 Å². The molecule has 2 heterocycles. The molecule has 3 aromatic carbocycles. The van der Waals surface area contributed by atoms with Gasteiger partial charge in [-0.1, -0.05) is 24.3 Å². The van der Waals surface area contributed by atoms with Gasteiger partial charge in [-0.25, -0.2) is 0 Å². The molecule has 1 fully saturated rings. The molecule has 0 N–H and O–H groups in total. The Bertz CT molecular complexity index is 1370. The number of methoxy groups -OCH3 is 3. The third kappa shape index (κ3) is 5.54. The fourth-order valence-corrected chi connectivity index (χ4v) is 4.45. The minimum Gasteiger partial charge on any atom is -0.497 e. The maximum atomic E-state index is 6.06. The maximum Gasteiger partial charge on any atom is 0.318 e. The van der Waals surface area contributed by atoms with Crippen molar-refractivity contribution >= 4 is 16.7 Å². The van der Waals surface area contributed by atoms with Crippen LogP contribution in [-0.4, -0.2) is 64.2 Å². The monoisotopic (exact) mass is 501 g/mol. The molecule has 0 aliphatic carbocycles. The third-order valence-electron chi connectivity index (χ3n) is 6.44. The molecule has 1 aromatic heterocycles. The van der Waals surface area contributed by atoms with Crippen molar-refractivity contribution in [2.24, 2.45) is 0 Å². The van der Waals surface area contributed by atoms with Crippen LogP contribution in [0.2, 0.25) is 0 Å². The smallest absolute Gasteiger partial charge is 0.318 e. The predicted octanol–water partition coefficient (Wildman–Crippen LogP) is 4.78. The third-order valence-corrected chi connectivity index (χ3v) is 6.44. The molecule has 37 heavy (non-hydrogen) atoms. The lowest BCUT2D eigenvalue weighted by molar-refractivity contribution is 0.122. The number of ether oxygens (including phenoxy) is 5. The SMILES string of the molecule is COc1cccc(-c2ccc3nc(OCCc4ccc(OC)c(OC)c4)nc(N4CCOCC4)c3c2)c1. The predicted molar refractivity (Wildman–Crippen MR) is 143 cm³/mol. The number of aromatic nitrogens is 2. The van der Waals surface area contributed by atoms with E-state index >= 15 is 0 Å². The van der Waals surface area contributed by atoms with E-state index in [9.17, 15) is 0 Å². The summed E-state index contributed by atoms with van der Waals surface area (Å²) in [5.41, 5.74) is 4.06. The van der Waals surface area contributed by atoms with Gasteiger partial charge in [-0.3, -0.25) is 0 Å². The molecule has 1 aliphatic heterocycles. The van der Waals surface area contributed by atoms with Crippen molar-refractivity contribution in [1.82, 2.24) is 9.97 Å². The Labute approximate surface area is 216 Å². The van der Waals surface area contributed by atoms with Crippen LogP contribution in [0.1, 0.15) is 5.56 Å². The quantitative estimate of drug-likeness (QED) is 0.324. The van der Waals surface area contributed by atoms with Gasteiger partial charge in [-0.05, 0) is 53.1 Å². The Balaban J connectivity index is 1.42. The number of morpholine rings is 1. The van der Waals surface area contributed by atoms with Crippen molar-refractivity contribution in [1.29, 1.82) is 0 Å². The van der Waals surface area contributed by atoms with Crippen LogP contribution in [0.15, 0.2) is 60.7 Å². The Morgan fingerprint density at radius 2 is 1.62 bits per heavy atom. The minimum absolute atomic E-state index is 0.364. The van der Waals surface area contributed by atoms with E-state index in [4.69, 9.17) is 33.7 Å². The second kappa shape index (κ2) is 11.3. The summed E-state index contributed by atoms with van der Waals surface area (Å²) in [4.78, 5) is 11.8. The Morgan fingerprint density at radius 3 is 2.41 bits per heavy atom. The molecule has 0 spiro atoms. The van der Waals surface area contributed by atoms with Gasteiger partial charge in [0.25, 0.3) is 0 Å². The summed E-state index contributed by atoms with van der Waals surface area (Å²) < 4.78 is 27.8. The van der Waals surface area contributed by atoms with Gasteiger partial charge in [0.05, 0.1) is 46.7 Å². The summed E-state index contributed by atoms with van der Waals surface area (Å²) in [6, 6.07) is 20.5. The summed E-state index contributed by atoms with van der Waals surface area (Å²) in [5, 5.41) is 0.981. The largest absolute Gasteiger partial charge is 0.497 e. The maximum absolute atomic E-state index is 6.06. The summed E-state index contributed by atoms with van der Waals surface area (Å²) in [5.74, 6) is 3.08. The fraction of sp³-hybridized carbons (Fsp3) is 0.310. The van der Waals surface area contributed by atoms with Crippen molar-refractivity contribution in [2.75, 3.05) is 59.1 Å². The molecule has 8 heteroatoms. The number of nitrogens with zero attached hydrogens (tertiary/aromatic N) is 3. The summed E-state index contributed by atoms with van der Waals surface area (Å²) >= 11 is 0. The van der Waals surface area contributed by atoms with Gasteiger partial charge in [0.1, 0.15) is 11.6 Å². The molecule has 8 nitrogen and oxygen atoms in total. The van der Waals surface area contributed by atoms with Gasteiger partial charge >= 0.3 is 6.01 Å². The highest BCUT2D eigenvalue weighted by molar-refractivity contribution is 5.93. The van der Waals surface area contributed by atoms with Crippen LogP contribution in [-0.2, 0) is 11.2 Å². The van der Waals surface area contributed by atoms with Crippen LogP contribution in [0.25, 0.3) is 22.0 Å². The number of benzene rings is 3. The highest BCUT2D eigenvalue weighted by atomic mass is 16.5. The Kier molecular flexibility index (Phi) is 7.56. The fourth-order valence-electron chi connectivity index (χ4n) is 4.45. The van der Waals surface area contributed by atoms with Gasteiger partial charge in [0, 0.05) is 24.9 Å². The Morgan fingerprint density at radius 1 is 0.811 bits per heavy atom. The molecule has 0 atom stereocenters. The lowest BCUT2D eigenvalue weighted by Crippen LogP contribution is -2.37. The number of hydrogen-bond donors (Lipinski definition) is 0. The van der Waals surface area contributed by atoms with E-state index < -0.39 is 0 Å². The van der Waals surface area contributed by atoms with Crippen molar-refractivity contribution in [3.63, 3.8) is 0 Å². The zero-order valence-corrected chi connectivity index (χ0v) is 21.4. The molecular weight excluding hydrogens is 470 g/mol. The van der Waals surface area contributed by atoms with Crippen LogP contribution >= 0.6 is 0 Å². The van der Waals surface area contributed by atoms with E-state index in [2.05, 4.69) is 23.1 Å². The molecule has 0 unspecified atom stereocenters. The second-order valence-corrected chi connectivity index (χ2v) is 8.68. The number of fused-ring (bicyclic) bond motifs is 1. The van der Waals surface area contributed by atoms with Crippen molar-refractivity contribution in [2.45, 2.75) is 6.42 Å². The molecule has 1 saturated heterocycles. The second-order valence-electron chi connectivity index (χ2n) is 8.68. The van der Waals surface area contributed by atoms with E-state index in [-0.39, 0.29) is 0 Å². The zero-order valence-electron chi connectivity index (χ0n) is 21.4. The molecule has 0 bridgehead atoms. The van der Waals surface area contributed by atoms with Crippen LogP contribution in [0, 0.1) is 0 Å². The first-order valence-electron chi connectivity index (χ1n) is 12.3. The van der Waals surface area contributed by atoms with E-state index in [0.29, 0.717) is 43.8 Å².